The van der Waals surface area contributed by atoms with Gasteiger partial charge < -0.3 is 14.7 Å². The topological polar surface area (TPSA) is 49.8 Å². The fourth-order valence-corrected chi connectivity index (χ4v) is 2.84. The van der Waals surface area contributed by atoms with Crippen molar-refractivity contribution in [3.8, 4) is 0 Å². The fourth-order valence-electron chi connectivity index (χ4n) is 2.84. The standard InChI is InChI=1S/C18H19NO3/c1-19-12-13-22-16(17(19)20)18(21,14-8-4-2-5-9-14)15-10-6-3-7-11-15/h2-11,16,21H,12-13H2,1H3. The van der Waals surface area contributed by atoms with Gasteiger partial charge in [0.05, 0.1) is 6.61 Å². The second kappa shape index (κ2) is 5.91. The second-order valence-corrected chi connectivity index (χ2v) is 5.51. The highest BCUT2D eigenvalue weighted by atomic mass is 16.5. The second-order valence-electron chi connectivity index (χ2n) is 5.51. The molecule has 3 rings (SSSR count). The van der Waals surface area contributed by atoms with Crippen LogP contribution in [0.4, 0.5) is 0 Å². The molecule has 0 aliphatic carbocycles. The molecule has 1 amide bonds. The molecule has 0 aromatic heterocycles. The zero-order valence-electron chi connectivity index (χ0n) is 12.5. The molecule has 2 aromatic rings. The Morgan fingerprint density at radius 2 is 1.55 bits per heavy atom. The van der Waals surface area contributed by atoms with Crippen LogP contribution in [0.2, 0.25) is 0 Å². The molecule has 4 heteroatoms. The van der Waals surface area contributed by atoms with Crippen molar-refractivity contribution in [3.05, 3.63) is 71.8 Å². The highest BCUT2D eigenvalue weighted by molar-refractivity contribution is 5.83. The van der Waals surface area contributed by atoms with Gasteiger partial charge in [-0.3, -0.25) is 4.79 Å². The lowest BCUT2D eigenvalue weighted by Crippen LogP contribution is -2.56. The Kier molecular flexibility index (Phi) is 3.96. The van der Waals surface area contributed by atoms with E-state index >= 15 is 0 Å². The van der Waals surface area contributed by atoms with Crippen LogP contribution >= 0.6 is 0 Å². The third kappa shape index (κ3) is 2.40. The molecule has 4 nitrogen and oxygen atoms in total. The van der Waals surface area contributed by atoms with Crippen molar-refractivity contribution in [3.63, 3.8) is 0 Å². The van der Waals surface area contributed by atoms with E-state index in [1.807, 2.05) is 60.7 Å². The van der Waals surface area contributed by atoms with Gasteiger partial charge in [-0.05, 0) is 11.1 Å². The van der Waals surface area contributed by atoms with Crippen molar-refractivity contribution >= 4 is 5.91 Å². The van der Waals surface area contributed by atoms with Gasteiger partial charge in [-0.2, -0.15) is 0 Å². The number of morpholine rings is 1. The minimum absolute atomic E-state index is 0.207. The first-order valence-electron chi connectivity index (χ1n) is 7.34. The van der Waals surface area contributed by atoms with E-state index in [0.29, 0.717) is 24.3 Å². The average Bonchev–Trinajstić information content (AvgIpc) is 2.58. The van der Waals surface area contributed by atoms with Crippen molar-refractivity contribution in [2.45, 2.75) is 11.7 Å². The summed E-state index contributed by atoms with van der Waals surface area (Å²) in [7, 11) is 1.73. The SMILES string of the molecule is CN1CCOC(C(O)(c2ccccc2)c2ccccc2)C1=O. The number of amides is 1. The average molecular weight is 297 g/mol. The van der Waals surface area contributed by atoms with Crippen LogP contribution < -0.4 is 0 Å². The predicted octanol–water partition coefficient (Wildman–Crippen LogP) is 1.78. The van der Waals surface area contributed by atoms with Gasteiger partial charge in [0.2, 0.25) is 0 Å². The van der Waals surface area contributed by atoms with Crippen molar-refractivity contribution in [1.82, 2.24) is 4.90 Å². The number of benzene rings is 2. The maximum absolute atomic E-state index is 12.6. The number of rotatable bonds is 3. The van der Waals surface area contributed by atoms with Gasteiger partial charge in [-0.15, -0.1) is 0 Å². The predicted molar refractivity (Wildman–Crippen MR) is 83.3 cm³/mol. The van der Waals surface area contributed by atoms with Gasteiger partial charge in [0.15, 0.2) is 6.10 Å². The molecule has 1 atom stereocenters. The Bertz CT molecular complexity index is 602. The number of carbonyl (C=O) groups is 1. The normalized spacial score (nSPS) is 19.3. The molecule has 0 bridgehead atoms. The number of ether oxygens (including phenoxy) is 1. The summed E-state index contributed by atoms with van der Waals surface area (Å²) in [6.07, 6.45) is -0.948. The van der Waals surface area contributed by atoms with E-state index in [4.69, 9.17) is 4.74 Å². The summed E-state index contributed by atoms with van der Waals surface area (Å²) in [5.41, 5.74) is -0.210. The van der Waals surface area contributed by atoms with Crippen LogP contribution in [0.3, 0.4) is 0 Å². The number of aliphatic hydroxyl groups is 1. The molecular formula is C18H19NO3. The maximum Gasteiger partial charge on any atom is 0.255 e. The summed E-state index contributed by atoms with van der Waals surface area (Å²) in [6, 6.07) is 18.4. The zero-order valence-corrected chi connectivity index (χ0v) is 12.5. The Hall–Kier alpha value is -2.17. The quantitative estimate of drug-likeness (QED) is 0.939. The molecule has 1 fully saturated rings. The third-order valence-corrected chi connectivity index (χ3v) is 4.12. The van der Waals surface area contributed by atoms with E-state index in [9.17, 15) is 9.90 Å². The van der Waals surface area contributed by atoms with Crippen molar-refractivity contribution in [2.75, 3.05) is 20.2 Å². The molecule has 0 saturated carbocycles. The minimum Gasteiger partial charge on any atom is -0.377 e. The molecular weight excluding hydrogens is 278 g/mol. The summed E-state index contributed by atoms with van der Waals surface area (Å²) in [4.78, 5) is 14.2. The van der Waals surface area contributed by atoms with Crippen LogP contribution in [0.1, 0.15) is 11.1 Å². The molecule has 1 aliphatic heterocycles. The fraction of sp³-hybridized carbons (Fsp3) is 0.278. The Balaban J connectivity index is 2.13. The lowest BCUT2D eigenvalue weighted by atomic mass is 9.80. The van der Waals surface area contributed by atoms with Gasteiger partial charge in [0.1, 0.15) is 5.60 Å². The molecule has 0 spiro atoms. The maximum atomic E-state index is 12.6. The van der Waals surface area contributed by atoms with Crippen molar-refractivity contribution in [1.29, 1.82) is 0 Å². The number of nitrogens with zero attached hydrogens (tertiary/aromatic N) is 1. The van der Waals surface area contributed by atoms with Crippen LogP contribution in [0.25, 0.3) is 0 Å². The van der Waals surface area contributed by atoms with E-state index in [0.717, 1.165) is 0 Å². The highest BCUT2D eigenvalue weighted by Gasteiger charge is 2.47. The number of likely N-dealkylation sites (N-methyl/N-ethyl adjacent to an activating group) is 1. The van der Waals surface area contributed by atoms with E-state index < -0.39 is 11.7 Å². The van der Waals surface area contributed by atoms with E-state index in [2.05, 4.69) is 0 Å². The van der Waals surface area contributed by atoms with Crippen LogP contribution in [0.15, 0.2) is 60.7 Å². The van der Waals surface area contributed by atoms with E-state index in [-0.39, 0.29) is 5.91 Å². The van der Waals surface area contributed by atoms with E-state index in [1.54, 1.807) is 11.9 Å². The number of hydrogen-bond acceptors (Lipinski definition) is 3. The molecule has 114 valence electrons. The molecule has 1 N–H and O–H groups in total. The molecule has 22 heavy (non-hydrogen) atoms. The summed E-state index contributed by atoms with van der Waals surface area (Å²) in [5.74, 6) is -0.207. The molecule has 1 heterocycles. The highest BCUT2D eigenvalue weighted by Crippen LogP contribution is 2.36. The Morgan fingerprint density at radius 3 is 2.05 bits per heavy atom. The largest absolute Gasteiger partial charge is 0.377 e. The summed E-state index contributed by atoms with van der Waals surface area (Å²) >= 11 is 0. The van der Waals surface area contributed by atoms with Crippen molar-refractivity contribution in [2.24, 2.45) is 0 Å². The van der Waals surface area contributed by atoms with Crippen LogP contribution in [-0.2, 0) is 15.1 Å². The first-order chi connectivity index (χ1) is 10.6. The van der Waals surface area contributed by atoms with Gasteiger partial charge in [0, 0.05) is 13.6 Å². The van der Waals surface area contributed by atoms with Crippen LogP contribution in [0, 0.1) is 0 Å². The van der Waals surface area contributed by atoms with Gasteiger partial charge >= 0.3 is 0 Å². The molecule has 1 saturated heterocycles. The third-order valence-electron chi connectivity index (χ3n) is 4.12. The number of carbonyl (C=O) groups excluding carboxylic acids is 1. The Morgan fingerprint density at radius 1 is 1.05 bits per heavy atom. The van der Waals surface area contributed by atoms with Gasteiger partial charge in [-0.25, -0.2) is 0 Å². The first-order valence-corrected chi connectivity index (χ1v) is 7.34. The zero-order chi connectivity index (χ0) is 15.6. The minimum atomic E-state index is -1.51. The molecule has 1 aliphatic rings. The Labute approximate surface area is 130 Å². The first kappa shape index (κ1) is 14.8. The lowest BCUT2D eigenvalue weighted by Gasteiger charge is -2.40. The number of hydrogen-bond donors (Lipinski definition) is 1. The smallest absolute Gasteiger partial charge is 0.255 e. The molecule has 1 unspecified atom stereocenters. The van der Waals surface area contributed by atoms with Gasteiger partial charge in [-0.1, -0.05) is 60.7 Å². The van der Waals surface area contributed by atoms with Crippen molar-refractivity contribution < 1.29 is 14.6 Å². The van der Waals surface area contributed by atoms with Crippen LogP contribution in [0.5, 0.6) is 0 Å². The van der Waals surface area contributed by atoms with E-state index in [1.165, 1.54) is 0 Å². The molecule has 2 aromatic carbocycles. The molecule has 0 radical (unpaired) electrons. The van der Waals surface area contributed by atoms with Crippen LogP contribution in [-0.4, -0.2) is 42.2 Å². The monoisotopic (exact) mass is 297 g/mol. The summed E-state index contributed by atoms with van der Waals surface area (Å²) < 4.78 is 5.69. The summed E-state index contributed by atoms with van der Waals surface area (Å²) in [6.45, 7) is 0.948. The van der Waals surface area contributed by atoms with Gasteiger partial charge in [0.25, 0.3) is 5.91 Å². The lowest BCUT2D eigenvalue weighted by molar-refractivity contribution is -0.171. The summed E-state index contributed by atoms with van der Waals surface area (Å²) in [5, 5.41) is 11.5.